The molecule has 6 nitrogen and oxygen atoms in total. The van der Waals surface area contributed by atoms with E-state index < -0.39 is 6.04 Å². The number of H-pyrrole nitrogens is 1. The highest BCUT2D eigenvalue weighted by atomic mass is 16.3. The van der Waals surface area contributed by atoms with Crippen LogP contribution < -0.4 is 11.1 Å². The zero-order valence-electron chi connectivity index (χ0n) is 18.6. The van der Waals surface area contributed by atoms with Crippen LogP contribution in [0.25, 0.3) is 10.9 Å². The van der Waals surface area contributed by atoms with Crippen molar-refractivity contribution in [2.75, 3.05) is 6.54 Å². The Morgan fingerprint density at radius 3 is 2.29 bits per heavy atom. The van der Waals surface area contributed by atoms with Crippen LogP contribution in [-0.4, -0.2) is 22.4 Å². The summed E-state index contributed by atoms with van der Waals surface area (Å²) >= 11 is 0. The third-order valence-electron chi connectivity index (χ3n) is 6.06. The maximum Gasteiger partial charge on any atom is 0.273 e. The molecule has 6 heteroatoms. The fourth-order valence-electron chi connectivity index (χ4n) is 4.27. The van der Waals surface area contributed by atoms with Gasteiger partial charge in [0.05, 0.1) is 6.04 Å². The first kappa shape index (κ1) is 21.7. The van der Waals surface area contributed by atoms with Crippen LogP contribution in [0, 0.1) is 0 Å². The average Bonchev–Trinajstić information content (AvgIpc) is 3.54. The molecule has 0 saturated carbocycles. The van der Waals surface area contributed by atoms with Crippen LogP contribution in [0.3, 0.4) is 0 Å². The van der Waals surface area contributed by atoms with E-state index in [4.69, 9.17) is 10.2 Å². The molecule has 1 amide bonds. The molecule has 170 valence electrons. The second-order valence-electron chi connectivity index (χ2n) is 8.33. The van der Waals surface area contributed by atoms with Gasteiger partial charge >= 0.3 is 0 Å². The number of hydrogen-bond acceptors (Lipinski definition) is 4. The number of carbonyl (C=O) groups excluding carboxylic acids is 1. The first-order valence-corrected chi connectivity index (χ1v) is 11.3. The van der Waals surface area contributed by atoms with Gasteiger partial charge in [0.15, 0.2) is 5.69 Å². The number of nitrogens with zero attached hydrogens (tertiary/aromatic N) is 1. The SMILES string of the molecule is NC(Cc1c[nH]c2ccccc12)c1nc(C(=O)NCC(c2ccccc2)c2ccccc2)co1. The molecule has 1 atom stereocenters. The van der Waals surface area contributed by atoms with Crippen LogP contribution in [0.5, 0.6) is 0 Å². The predicted octanol–water partition coefficient (Wildman–Crippen LogP) is 4.96. The number of para-hydroxylation sites is 1. The number of aromatic amines is 1. The standard InChI is InChI=1S/C28H26N4O2/c29-24(15-21-16-30-25-14-8-7-13-22(21)25)28-32-26(18-34-28)27(33)31-17-23(19-9-3-1-4-10-19)20-11-5-2-6-12-20/h1-14,16,18,23-24,30H,15,17,29H2,(H,31,33). The molecule has 2 aromatic heterocycles. The molecular formula is C28H26N4O2. The van der Waals surface area contributed by atoms with E-state index in [1.165, 1.54) is 6.26 Å². The molecule has 34 heavy (non-hydrogen) atoms. The number of oxazole rings is 1. The number of benzene rings is 3. The van der Waals surface area contributed by atoms with E-state index in [0.29, 0.717) is 18.9 Å². The van der Waals surface area contributed by atoms with Gasteiger partial charge < -0.3 is 20.5 Å². The minimum Gasteiger partial charge on any atom is -0.446 e. The van der Waals surface area contributed by atoms with Gasteiger partial charge in [-0.15, -0.1) is 0 Å². The van der Waals surface area contributed by atoms with Crippen molar-refractivity contribution in [3.63, 3.8) is 0 Å². The Morgan fingerprint density at radius 2 is 1.59 bits per heavy atom. The van der Waals surface area contributed by atoms with Crippen LogP contribution in [0.1, 0.15) is 45.0 Å². The molecule has 4 N–H and O–H groups in total. The van der Waals surface area contributed by atoms with Crippen molar-refractivity contribution in [1.29, 1.82) is 0 Å². The van der Waals surface area contributed by atoms with Crippen molar-refractivity contribution in [3.05, 3.63) is 126 Å². The molecule has 0 radical (unpaired) electrons. The van der Waals surface area contributed by atoms with E-state index in [1.807, 2.05) is 60.8 Å². The number of amides is 1. The van der Waals surface area contributed by atoms with E-state index in [-0.39, 0.29) is 17.5 Å². The third kappa shape index (κ3) is 4.63. The Hall–Kier alpha value is -4.16. The predicted molar refractivity (Wildman–Crippen MR) is 132 cm³/mol. The average molecular weight is 451 g/mol. The van der Waals surface area contributed by atoms with Crippen molar-refractivity contribution < 1.29 is 9.21 Å². The van der Waals surface area contributed by atoms with E-state index in [2.05, 4.69) is 45.6 Å². The summed E-state index contributed by atoms with van der Waals surface area (Å²) in [6, 6.07) is 27.9. The molecule has 5 aromatic rings. The topological polar surface area (TPSA) is 96.9 Å². The lowest BCUT2D eigenvalue weighted by Gasteiger charge is -2.18. The van der Waals surface area contributed by atoms with Crippen LogP contribution in [0.2, 0.25) is 0 Å². The van der Waals surface area contributed by atoms with Gasteiger partial charge in [0.2, 0.25) is 5.89 Å². The molecule has 0 bridgehead atoms. The second-order valence-corrected chi connectivity index (χ2v) is 8.33. The van der Waals surface area contributed by atoms with E-state index in [9.17, 15) is 4.79 Å². The zero-order valence-corrected chi connectivity index (χ0v) is 18.6. The smallest absolute Gasteiger partial charge is 0.273 e. The van der Waals surface area contributed by atoms with Crippen molar-refractivity contribution in [3.8, 4) is 0 Å². The number of hydrogen-bond donors (Lipinski definition) is 3. The Morgan fingerprint density at radius 1 is 0.941 bits per heavy atom. The maximum atomic E-state index is 12.9. The van der Waals surface area contributed by atoms with Gasteiger partial charge in [-0.25, -0.2) is 4.98 Å². The molecule has 5 rings (SSSR count). The normalized spacial score (nSPS) is 12.2. The molecule has 0 spiro atoms. The molecule has 1 unspecified atom stereocenters. The van der Waals surface area contributed by atoms with Crippen molar-refractivity contribution in [2.45, 2.75) is 18.4 Å². The van der Waals surface area contributed by atoms with Gasteiger partial charge in [-0.3, -0.25) is 4.79 Å². The summed E-state index contributed by atoms with van der Waals surface area (Å²) < 4.78 is 5.58. The molecule has 0 fully saturated rings. The van der Waals surface area contributed by atoms with Crippen molar-refractivity contribution in [2.24, 2.45) is 5.73 Å². The van der Waals surface area contributed by atoms with Gasteiger partial charge in [-0.2, -0.15) is 0 Å². The fourth-order valence-corrected chi connectivity index (χ4v) is 4.27. The van der Waals surface area contributed by atoms with Gasteiger partial charge in [0.25, 0.3) is 5.91 Å². The third-order valence-corrected chi connectivity index (χ3v) is 6.06. The quantitative estimate of drug-likeness (QED) is 0.311. The lowest BCUT2D eigenvalue weighted by Crippen LogP contribution is -2.29. The van der Waals surface area contributed by atoms with Gasteiger partial charge in [0.1, 0.15) is 6.26 Å². The van der Waals surface area contributed by atoms with Gasteiger partial charge in [-0.05, 0) is 29.2 Å². The lowest BCUT2D eigenvalue weighted by molar-refractivity contribution is 0.0947. The molecule has 2 heterocycles. The fraction of sp³-hybridized carbons (Fsp3) is 0.143. The summed E-state index contributed by atoms with van der Waals surface area (Å²) in [5, 5.41) is 4.13. The summed E-state index contributed by atoms with van der Waals surface area (Å²) in [5.74, 6) is 0.0890. The summed E-state index contributed by atoms with van der Waals surface area (Å²) in [6.45, 7) is 0.441. The monoisotopic (exact) mass is 450 g/mol. The second kappa shape index (κ2) is 9.77. The summed E-state index contributed by atoms with van der Waals surface area (Å²) in [5.41, 5.74) is 11.0. The molecule has 0 aliphatic carbocycles. The minimum absolute atomic E-state index is 0.0295. The van der Waals surface area contributed by atoms with Gasteiger partial charge in [0, 0.05) is 29.6 Å². The van der Waals surface area contributed by atoms with Gasteiger partial charge in [-0.1, -0.05) is 78.9 Å². The van der Waals surface area contributed by atoms with Crippen LogP contribution in [0.4, 0.5) is 0 Å². The Balaban J connectivity index is 1.27. The minimum atomic E-state index is -0.456. The largest absolute Gasteiger partial charge is 0.446 e. The zero-order chi connectivity index (χ0) is 23.3. The number of aromatic nitrogens is 2. The number of nitrogens with two attached hydrogens (primary N) is 1. The Labute approximate surface area is 197 Å². The highest BCUT2D eigenvalue weighted by Crippen LogP contribution is 2.25. The molecule has 3 aromatic carbocycles. The van der Waals surface area contributed by atoms with E-state index in [1.54, 1.807) is 0 Å². The first-order chi connectivity index (χ1) is 16.7. The maximum absolute atomic E-state index is 12.9. The molecule has 0 saturated heterocycles. The lowest BCUT2D eigenvalue weighted by atomic mass is 9.91. The van der Waals surface area contributed by atoms with Crippen LogP contribution in [-0.2, 0) is 6.42 Å². The number of rotatable bonds is 8. The number of fused-ring (bicyclic) bond motifs is 1. The van der Waals surface area contributed by atoms with Crippen LogP contribution in [0.15, 0.2) is 102 Å². The molecule has 0 aliphatic heterocycles. The highest BCUT2D eigenvalue weighted by molar-refractivity contribution is 5.92. The van der Waals surface area contributed by atoms with Crippen LogP contribution >= 0.6 is 0 Å². The highest BCUT2D eigenvalue weighted by Gasteiger charge is 2.20. The van der Waals surface area contributed by atoms with E-state index >= 15 is 0 Å². The molecule has 0 aliphatic rings. The van der Waals surface area contributed by atoms with E-state index in [0.717, 1.165) is 27.6 Å². The summed E-state index contributed by atoms with van der Waals surface area (Å²) in [4.78, 5) is 20.5. The summed E-state index contributed by atoms with van der Waals surface area (Å²) in [6.07, 6.45) is 3.88. The summed E-state index contributed by atoms with van der Waals surface area (Å²) in [7, 11) is 0. The Bertz CT molecular complexity index is 1340. The van der Waals surface area contributed by atoms with Crippen molar-refractivity contribution in [1.82, 2.24) is 15.3 Å². The number of nitrogens with one attached hydrogen (secondary N) is 2. The first-order valence-electron chi connectivity index (χ1n) is 11.3. The number of carbonyl (C=O) groups is 1. The molecular weight excluding hydrogens is 424 g/mol. The van der Waals surface area contributed by atoms with Crippen molar-refractivity contribution >= 4 is 16.8 Å². The Kier molecular flexibility index (Phi) is 6.23.